The first kappa shape index (κ1) is 10.8. The van der Waals surface area contributed by atoms with Crippen molar-refractivity contribution in [3.8, 4) is 0 Å². The van der Waals surface area contributed by atoms with Crippen LogP contribution in [0.1, 0.15) is 13.8 Å². The Labute approximate surface area is 70.8 Å². The van der Waals surface area contributed by atoms with E-state index in [1.54, 1.807) is 6.92 Å². The smallest absolute Gasteiger partial charge is 0.309 e. The lowest BCUT2D eigenvalue weighted by Crippen LogP contribution is -2.40. The van der Waals surface area contributed by atoms with Crippen LogP contribution in [0.15, 0.2) is 0 Å². The number of hydrogen-bond acceptors (Lipinski definition) is 3. The highest BCUT2D eigenvalue weighted by molar-refractivity contribution is 7.98. The van der Waals surface area contributed by atoms with Gasteiger partial charge in [-0.2, -0.15) is 11.8 Å². The fourth-order valence-electron chi connectivity index (χ4n) is 0.683. The molecule has 0 aromatic rings. The molecule has 0 rings (SSSR count). The average molecular weight is 178 g/mol. The van der Waals surface area contributed by atoms with Crippen LogP contribution in [-0.2, 0) is 4.79 Å². The van der Waals surface area contributed by atoms with Gasteiger partial charge in [0.25, 0.3) is 0 Å². The van der Waals surface area contributed by atoms with Gasteiger partial charge in [-0.3, -0.25) is 4.79 Å². The van der Waals surface area contributed by atoms with Crippen LogP contribution in [0.2, 0.25) is 0 Å². The molecule has 4 heteroatoms. The van der Waals surface area contributed by atoms with Crippen molar-refractivity contribution in [3.63, 3.8) is 0 Å². The summed E-state index contributed by atoms with van der Waals surface area (Å²) in [6, 6.07) is 0. The van der Waals surface area contributed by atoms with Crippen LogP contribution < -0.4 is 0 Å². The lowest BCUT2D eigenvalue weighted by Gasteiger charge is -2.26. The molecule has 0 aromatic heterocycles. The highest BCUT2D eigenvalue weighted by Crippen LogP contribution is 2.20. The third-order valence-electron chi connectivity index (χ3n) is 1.74. The molecule has 0 saturated carbocycles. The van der Waals surface area contributed by atoms with E-state index in [4.69, 9.17) is 5.11 Å². The molecule has 0 aliphatic carbocycles. The van der Waals surface area contributed by atoms with E-state index in [1.807, 2.05) is 6.26 Å². The van der Waals surface area contributed by atoms with Gasteiger partial charge in [0, 0.05) is 5.75 Å². The van der Waals surface area contributed by atoms with Crippen LogP contribution in [0.25, 0.3) is 0 Å². The van der Waals surface area contributed by atoms with E-state index in [0.717, 1.165) is 0 Å². The zero-order valence-corrected chi connectivity index (χ0v) is 7.81. The van der Waals surface area contributed by atoms with Crippen LogP contribution in [0.4, 0.5) is 0 Å². The normalized spacial score (nSPS) is 18.9. The molecule has 0 radical (unpaired) electrons. The molecule has 0 fully saturated rings. The number of carboxylic acids is 1. The largest absolute Gasteiger partial charge is 0.481 e. The number of aliphatic carboxylic acids is 1. The number of hydrogen-bond donors (Lipinski definition) is 2. The summed E-state index contributed by atoms with van der Waals surface area (Å²) in [6.45, 7) is 3.06. The van der Waals surface area contributed by atoms with Gasteiger partial charge in [0.1, 0.15) is 0 Å². The van der Waals surface area contributed by atoms with Gasteiger partial charge in [0.05, 0.1) is 11.5 Å². The molecule has 0 spiro atoms. The lowest BCUT2D eigenvalue weighted by molar-refractivity contribution is -0.148. The molecule has 2 atom stereocenters. The Morgan fingerprint density at radius 3 is 2.45 bits per heavy atom. The minimum atomic E-state index is -1.11. The van der Waals surface area contributed by atoms with E-state index in [1.165, 1.54) is 18.7 Å². The predicted molar refractivity (Wildman–Crippen MR) is 45.8 cm³/mol. The van der Waals surface area contributed by atoms with E-state index in [-0.39, 0.29) is 0 Å². The van der Waals surface area contributed by atoms with Crippen molar-refractivity contribution in [1.29, 1.82) is 0 Å². The van der Waals surface area contributed by atoms with Crippen molar-refractivity contribution in [1.82, 2.24) is 0 Å². The van der Waals surface area contributed by atoms with Gasteiger partial charge in [-0.1, -0.05) is 0 Å². The lowest BCUT2D eigenvalue weighted by atomic mass is 9.93. The maximum atomic E-state index is 10.5. The highest BCUT2D eigenvalue weighted by atomic mass is 32.2. The summed E-state index contributed by atoms with van der Waals surface area (Å²) in [4.78, 5) is 10.5. The molecule has 2 N–H and O–H groups in total. The molecular formula is C7H14O3S. The van der Waals surface area contributed by atoms with E-state index < -0.39 is 17.5 Å². The fourth-order valence-corrected chi connectivity index (χ4v) is 1.52. The van der Waals surface area contributed by atoms with Gasteiger partial charge in [-0.25, -0.2) is 0 Å². The molecular weight excluding hydrogens is 164 g/mol. The molecule has 11 heavy (non-hydrogen) atoms. The second kappa shape index (κ2) is 3.97. The molecule has 0 saturated heterocycles. The first-order valence-corrected chi connectivity index (χ1v) is 4.75. The van der Waals surface area contributed by atoms with E-state index in [9.17, 15) is 9.90 Å². The Morgan fingerprint density at radius 2 is 2.18 bits per heavy atom. The highest BCUT2D eigenvalue weighted by Gasteiger charge is 2.32. The summed E-state index contributed by atoms with van der Waals surface area (Å²) < 4.78 is 0. The zero-order valence-electron chi connectivity index (χ0n) is 7.00. The first-order valence-electron chi connectivity index (χ1n) is 3.36. The quantitative estimate of drug-likeness (QED) is 0.669. The summed E-state index contributed by atoms with van der Waals surface area (Å²) in [7, 11) is 0. The first-order chi connectivity index (χ1) is 4.91. The molecule has 3 nitrogen and oxygen atoms in total. The van der Waals surface area contributed by atoms with Gasteiger partial charge < -0.3 is 10.2 Å². The fraction of sp³-hybridized carbons (Fsp3) is 0.857. The number of rotatable bonds is 4. The van der Waals surface area contributed by atoms with Crippen LogP contribution in [-0.4, -0.2) is 33.8 Å². The third kappa shape index (κ3) is 3.12. The monoisotopic (exact) mass is 178 g/mol. The number of aliphatic hydroxyl groups is 1. The van der Waals surface area contributed by atoms with Crippen LogP contribution >= 0.6 is 11.8 Å². The molecule has 0 amide bonds. The van der Waals surface area contributed by atoms with E-state index >= 15 is 0 Å². The standard InChI is InChI=1S/C7H14O3S/c1-5(6(8)9)7(2,10)4-11-3/h5,10H,4H2,1-3H3,(H,8,9). The topological polar surface area (TPSA) is 57.5 Å². The third-order valence-corrected chi connectivity index (χ3v) is 2.61. The SMILES string of the molecule is CSCC(C)(O)C(C)C(=O)O. The van der Waals surface area contributed by atoms with Crippen molar-refractivity contribution < 1.29 is 15.0 Å². The maximum Gasteiger partial charge on any atom is 0.309 e. The summed E-state index contributed by atoms with van der Waals surface area (Å²) in [5, 5.41) is 18.1. The van der Waals surface area contributed by atoms with Gasteiger partial charge in [0.2, 0.25) is 0 Å². The predicted octanol–water partition coefficient (Wildman–Crippen LogP) is 0.821. The molecule has 66 valence electrons. The number of carboxylic acid groups (broad SMARTS) is 1. The molecule has 0 bridgehead atoms. The van der Waals surface area contributed by atoms with Crippen LogP contribution in [0, 0.1) is 5.92 Å². The van der Waals surface area contributed by atoms with Gasteiger partial charge in [0.15, 0.2) is 0 Å². The molecule has 0 aliphatic rings. The average Bonchev–Trinajstić information content (AvgIpc) is 1.86. The Balaban J connectivity index is 4.16. The Morgan fingerprint density at radius 1 is 1.73 bits per heavy atom. The Kier molecular flexibility index (Phi) is 3.89. The molecule has 0 heterocycles. The van der Waals surface area contributed by atoms with Gasteiger partial charge in [-0.15, -0.1) is 0 Å². The van der Waals surface area contributed by atoms with Crippen molar-refractivity contribution >= 4 is 17.7 Å². The zero-order chi connectivity index (χ0) is 9.07. The van der Waals surface area contributed by atoms with Crippen molar-refractivity contribution in [3.05, 3.63) is 0 Å². The van der Waals surface area contributed by atoms with Crippen molar-refractivity contribution in [2.75, 3.05) is 12.0 Å². The summed E-state index contributed by atoms with van der Waals surface area (Å²) in [6.07, 6.45) is 1.84. The Hall–Kier alpha value is -0.220. The van der Waals surface area contributed by atoms with Crippen LogP contribution in [0.5, 0.6) is 0 Å². The van der Waals surface area contributed by atoms with E-state index in [2.05, 4.69) is 0 Å². The van der Waals surface area contributed by atoms with E-state index in [0.29, 0.717) is 5.75 Å². The summed E-state index contributed by atoms with van der Waals surface area (Å²) in [5.74, 6) is -1.22. The van der Waals surface area contributed by atoms with Crippen LogP contribution in [0.3, 0.4) is 0 Å². The minimum Gasteiger partial charge on any atom is -0.481 e. The molecule has 0 aromatic carbocycles. The van der Waals surface area contributed by atoms with Gasteiger partial charge in [-0.05, 0) is 20.1 Å². The second-order valence-electron chi connectivity index (χ2n) is 2.85. The number of carbonyl (C=O) groups is 1. The molecule has 2 unspecified atom stereocenters. The maximum absolute atomic E-state index is 10.5. The number of thioether (sulfide) groups is 1. The Bertz CT molecular complexity index is 145. The second-order valence-corrected chi connectivity index (χ2v) is 3.72. The van der Waals surface area contributed by atoms with Crippen molar-refractivity contribution in [2.45, 2.75) is 19.4 Å². The molecule has 0 aliphatic heterocycles. The minimum absolute atomic E-state index is 0.445. The summed E-state index contributed by atoms with van der Waals surface area (Å²) >= 11 is 1.44. The summed E-state index contributed by atoms with van der Waals surface area (Å²) in [5.41, 5.74) is -1.11. The van der Waals surface area contributed by atoms with Gasteiger partial charge >= 0.3 is 5.97 Å². The van der Waals surface area contributed by atoms with Crippen molar-refractivity contribution in [2.24, 2.45) is 5.92 Å².